The van der Waals surface area contributed by atoms with Crippen molar-refractivity contribution in [2.24, 2.45) is 4.99 Å². The number of carbonyl (C=O) groups is 2. The number of hydrogen-bond donors (Lipinski definition) is 1. The number of benzene rings is 1. The van der Waals surface area contributed by atoms with Gasteiger partial charge in [-0.15, -0.1) is 0 Å². The molecular weight excluding hydrogens is 268 g/mol. The number of rotatable bonds is 4. The molecule has 0 radical (unpaired) electrons. The van der Waals surface area contributed by atoms with Gasteiger partial charge < -0.3 is 10.1 Å². The number of nitrogens with zero attached hydrogens (tertiary/aromatic N) is 1. The summed E-state index contributed by atoms with van der Waals surface area (Å²) in [5.74, 6) is -0.00652. The number of hydrogen-bond acceptors (Lipinski definition) is 3. The molecular formula is C13H15ClN2O3. The lowest BCUT2D eigenvalue weighted by atomic mass is 10.3. The molecule has 0 aliphatic heterocycles. The van der Waals surface area contributed by atoms with E-state index in [9.17, 15) is 9.59 Å². The highest BCUT2D eigenvalue weighted by molar-refractivity contribution is 6.30. The van der Waals surface area contributed by atoms with E-state index in [2.05, 4.69) is 10.3 Å². The first kappa shape index (κ1) is 15.2. The average Bonchev–Trinajstić information content (AvgIpc) is 2.31. The first-order chi connectivity index (χ1) is 9.01. The van der Waals surface area contributed by atoms with E-state index in [-0.39, 0.29) is 18.1 Å². The second kappa shape index (κ2) is 7.53. The molecule has 1 rings (SSSR count). The van der Waals surface area contributed by atoms with Crippen molar-refractivity contribution in [1.29, 1.82) is 0 Å². The van der Waals surface area contributed by atoms with E-state index in [0.717, 1.165) is 0 Å². The molecule has 0 unspecified atom stereocenters. The summed E-state index contributed by atoms with van der Waals surface area (Å²) in [6.07, 6.45) is 0.00186. The molecule has 6 heteroatoms. The van der Waals surface area contributed by atoms with E-state index in [4.69, 9.17) is 16.3 Å². The van der Waals surface area contributed by atoms with Crippen molar-refractivity contribution >= 4 is 35.0 Å². The summed E-state index contributed by atoms with van der Waals surface area (Å²) < 4.78 is 5.13. The molecule has 19 heavy (non-hydrogen) atoms. The van der Waals surface area contributed by atoms with Crippen molar-refractivity contribution in [2.75, 3.05) is 11.9 Å². The highest BCUT2D eigenvalue weighted by atomic mass is 35.5. The van der Waals surface area contributed by atoms with Crippen LogP contribution in [0.4, 0.5) is 10.5 Å². The Bertz CT molecular complexity index is 483. The van der Waals surface area contributed by atoms with Crippen LogP contribution < -0.4 is 5.32 Å². The quantitative estimate of drug-likeness (QED) is 0.680. The summed E-state index contributed by atoms with van der Waals surface area (Å²) in [5.41, 5.74) is 0.567. The Kier molecular flexibility index (Phi) is 6.02. The van der Waals surface area contributed by atoms with Crippen LogP contribution >= 0.6 is 11.6 Å². The Labute approximate surface area is 116 Å². The molecule has 0 aromatic heterocycles. The summed E-state index contributed by atoms with van der Waals surface area (Å²) in [6.45, 7) is 3.51. The van der Waals surface area contributed by atoms with Gasteiger partial charge in [0, 0.05) is 10.7 Å². The third-order valence-corrected chi connectivity index (χ3v) is 2.28. The van der Waals surface area contributed by atoms with Gasteiger partial charge in [-0.3, -0.25) is 4.79 Å². The zero-order valence-electron chi connectivity index (χ0n) is 10.8. The van der Waals surface area contributed by atoms with Crippen LogP contribution in [0.3, 0.4) is 0 Å². The van der Waals surface area contributed by atoms with Gasteiger partial charge in [0.15, 0.2) is 5.90 Å². The van der Waals surface area contributed by atoms with Crippen molar-refractivity contribution in [3.63, 3.8) is 0 Å². The number of Topliss-reactive ketones (excluding diaryl/α,β-unsaturated/α-hetero) is 1. The van der Waals surface area contributed by atoms with Crippen LogP contribution in [-0.4, -0.2) is 24.3 Å². The molecule has 102 valence electrons. The minimum atomic E-state index is -0.591. The van der Waals surface area contributed by atoms with Crippen LogP contribution in [0.2, 0.25) is 5.02 Å². The van der Waals surface area contributed by atoms with Crippen LogP contribution in [0.1, 0.15) is 20.3 Å². The van der Waals surface area contributed by atoms with E-state index in [0.29, 0.717) is 17.3 Å². The Morgan fingerprint density at radius 1 is 1.32 bits per heavy atom. The Balaban J connectivity index is 2.69. The van der Waals surface area contributed by atoms with Crippen molar-refractivity contribution in [1.82, 2.24) is 0 Å². The van der Waals surface area contributed by atoms with Gasteiger partial charge in [0.1, 0.15) is 5.78 Å². The minimum absolute atomic E-state index is 0.00186. The van der Waals surface area contributed by atoms with E-state index in [1.54, 1.807) is 31.2 Å². The minimum Gasteiger partial charge on any atom is -0.481 e. The van der Waals surface area contributed by atoms with Crippen LogP contribution in [-0.2, 0) is 9.53 Å². The molecule has 0 saturated carbocycles. The first-order valence-electron chi connectivity index (χ1n) is 5.77. The Hall–Kier alpha value is -1.88. The van der Waals surface area contributed by atoms with E-state index in [1.807, 2.05) is 0 Å². The van der Waals surface area contributed by atoms with Crippen molar-refractivity contribution in [3.8, 4) is 0 Å². The molecule has 0 spiro atoms. The third-order valence-electron chi connectivity index (χ3n) is 2.03. The highest BCUT2D eigenvalue weighted by Crippen LogP contribution is 2.13. The SMILES string of the molecule is CCOC(CC(C)=O)=NC(=O)Nc1ccc(Cl)cc1. The summed E-state index contributed by atoms with van der Waals surface area (Å²) in [4.78, 5) is 26.4. The lowest BCUT2D eigenvalue weighted by Crippen LogP contribution is -2.15. The molecule has 2 amide bonds. The molecule has 0 saturated heterocycles. The molecule has 0 bridgehead atoms. The van der Waals surface area contributed by atoms with Gasteiger partial charge in [-0.1, -0.05) is 11.6 Å². The van der Waals surface area contributed by atoms with Gasteiger partial charge in [-0.2, -0.15) is 4.99 Å². The molecule has 5 nitrogen and oxygen atoms in total. The van der Waals surface area contributed by atoms with Crippen LogP contribution in [0.25, 0.3) is 0 Å². The predicted octanol–water partition coefficient (Wildman–Crippen LogP) is 3.29. The fraction of sp³-hybridized carbons (Fsp3) is 0.308. The van der Waals surface area contributed by atoms with Crippen molar-refractivity contribution in [3.05, 3.63) is 29.3 Å². The van der Waals surface area contributed by atoms with Gasteiger partial charge >= 0.3 is 6.03 Å². The number of ketones is 1. The zero-order chi connectivity index (χ0) is 14.3. The molecule has 0 aliphatic carbocycles. The molecule has 0 heterocycles. The van der Waals surface area contributed by atoms with Gasteiger partial charge in [-0.05, 0) is 38.1 Å². The van der Waals surface area contributed by atoms with Crippen LogP contribution in [0.15, 0.2) is 29.3 Å². The number of halogens is 1. The maximum absolute atomic E-state index is 11.6. The van der Waals surface area contributed by atoms with Crippen LogP contribution in [0, 0.1) is 0 Å². The van der Waals surface area contributed by atoms with Gasteiger partial charge in [0.05, 0.1) is 13.0 Å². The van der Waals surface area contributed by atoms with Gasteiger partial charge in [0.2, 0.25) is 0 Å². The second-order valence-corrected chi connectivity index (χ2v) is 4.19. The number of anilines is 1. The monoisotopic (exact) mass is 282 g/mol. The molecule has 1 aromatic rings. The van der Waals surface area contributed by atoms with E-state index in [1.165, 1.54) is 6.92 Å². The topological polar surface area (TPSA) is 67.8 Å². The second-order valence-electron chi connectivity index (χ2n) is 3.75. The van der Waals surface area contributed by atoms with Gasteiger partial charge in [0.25, 0.3) is 0 Å². The Morgan fingerprint density at radius 3 is 2.47 bits per heavy atom. The standard InChI is InChI=1S/C13H15ClN2O3/c1-3-19-12(8-9(2)17)16-13(18)15-11-6-4-10(14)5-7-11/h4-7H,3,8H2,1-2H3,(H,15,18). The molecule has 1 N–H and O–H groups in total. The number of amides is 2. The number of ether oxygens (including phenoxy) is 1. The van der Waals surface area contributed by atoms with Crippen molar-refractivity contribution in [2.45, 2.75) is 20.3 Å². The smallest absolute Gasteiger partial charge is 0.348 e. The maximum Gasteiger partial charge on any atom is 0.348 e. The van der Waals surface area contributed by atoms with E-state index >= 15 is 0 Å². The summed E-state index contributed by atoms with van der Waals surface area (Å²) >= 11 is 5.73. The van der Waals surface area contributed by atoms with Gasteiger partial charge in [-0.25, -0.2) is 4.79 Å². The van der Waals surface area contributed by atoms with Crippen LogP contribution in [0.5, 0.6) is 0 Å². The maximum atomic E-state index is 11.6. The normalized spacial score (nSPS) is 11.0. The summed E-state index contributed by atoms with van der Waals surface area (Å²) in [6, 6.07) is 6.02. The first-order valence-corrected chi connectivity index (χ1v) is 6.15. The fourth-order valence-corrected chi connectivity index (χ4v) is 1.43. The largest absolute Gasteiger partial charge is 0.481 e. The Morgan fingerprint density at radius 2 is 1.95 bits per heavy atom. The average molecular weight is 283 g/mol. The number of aliphatic imine (C=N–C) groups is 1. The molecule has 1 aromatic carbocycles. The third kappa shape index (κ3) is 6.01. The number of urea groups is 1. The van der Waals surface area contributed by atoms with E-state index < -0.39 is 6.03 Å². The lowest BCUT2D eigenvalue weighted by molar-refractivity contribution is -0.116. The number of carbonyl (C=O) groups excluding carboxylic acids is 2. The molecule has 0 atom stereocenters. The predicted molar refractivity (Wildman–Crippen MR) is 74.8 cm³/mol. The zero-order valence-corrected chi connectivity index (χ0v) is 11.5. The summed E-state index contributed by atoms with van der Waals surface area (Å²) in [7, 11) is 0. The summed E-state index contributed by atoms with van der Waals surface area (Å²) in [5, 5.41) is 3.13. The number of nitrogens with one attached hydrogen (secondary N) is 1. The van der Waals surface area contributed by atoms with Crippen molar-refractivity contribution < 1.29 is 14.3 Å². The highest BCUT2D eigenvalue weighted by Gasteiger charge is 2.08. The lowest BCUT2D eigenvalue weighted by Gasteiger charge is -2.06. The fourth-order valence-electron chi connectivity index (χ4n) is 1.30. The molecule has 0 aliphatic rings. The molecule has 0 fully saturated rings.